The first-order chi connectivity index (χ1) is 9.92. The Morgan fingerprint density at radius 2 is 1.95 bits per heavy atom. The molecule has 0 bridgehead atoms. The fourth-order valence-electron chi connectivity index (χ4n) is 2.89. The van der Waals surface area contributed by atoms with E-state index in [1.165, 1.54) is 30.2 Å². The van der Waals surface area contributed by atoms with Gasteiger partial charge in [0.15, 0.2) is 11.6 Å². The van der Waals surface area contributed by atoms with Gasteiger partial charge in [-0.05, 0) is 31.0 Å². The predicted octanol–water partition coefficient (Wildman–Crippen LogP) is 1.70. The minimum atomic E-state index is -0.946. The summed E-state index contributed by atoms with van der Waals surface area (Å²) in [6, 6.07) is 3.88. The van der Waals surface area contributed by atoms with Gasteiger partial charge in [0.1, 0.15) is 5.54 Å². The maximum atomic E-state index is 13.4. The van der Waals surface area contributed by atoms with E-state index in [-0.39, 0.29) is 17.2 Å². The number of rotatable bonds is 4. The van der Waals surface area contributed by atoms with Crippen molar-refractivity contribution in [2.75, 3.05) is 14.2 Å². The molecule has 0 radical (unpaired) electrons. The van der Waals surface area contributed by atoms with Crippen LogP contribution >= 0.6 is 0 Å². The summed E-state index contributed by atoms with van der Waals surface area (Å²) in [5.74, 6) is -1.41. The SMILES string of the molecule is COc1cc(C(=O)N(C)C2(C(N)=O)CCCC2)ccc1F. The van der Waals surface area contributed by atoms with Gasteiger partial charge in [0, 0.05) is 12.6 Å². The lowest BCUT2D eigenvalue weighted by Crippen LogP contribution is -2.56. The van der Waals surface area contributed by atoms with Gasteiger partial charge < -0.3 is 15.4 Å². The Morgan fingerprint density at radius 3 is 2.48 bits per heavy atom. The van der Waals surface area contributed by atoms with Crippen LogP contribution in [0.3, 0.4) is 0 Å². The topological polar surface area (TPSA) is 72.6 Å². The third-order valence-corrected chi connectivity index (χ3v) is 4.23. The van der Waals surface area contributed by atoms with Crippen LogP contribution in [-0.2, 0) is 4.79 Å². The number of amides is 2. The van der Waals surface area contributed by atoms with Crippen molar-refractivity contribution in [3.63, 3.8) is 0 Å². The summed E-state index contributed by atoms with van der Waals surface area (Å²) < 4.78 is 18.3. The third-order valence-electron chi connectivity index (χ3n) is 4.23. The number of ether oxygens (including phenoxy) is 1. The minimum Gasteiger partial charge on any atom is -0.494 e. The van der Waals surface area contributed by atoms with Crippen LogP contribution in [0.4, 0.5) is 4.39 Å². The molecule has 1 aliphatic rings. The second-order valence-electron chi connectivity index (χ2n) is 5.32. The molecule has 1 aromatic carbocycles. The van der Waals surface area contributed by atoms with Gasteiger partial charge in [0.25, 0.3) is 5.91 Å². The van der Waals surface area contributed by atoms with E-state index in [2.05, 4.69) is 0 Å². The van der Waals surface area contributed by atoms with Crippen molar-refractivity contribution in [3.8, 4) is 5.75 Å². The van der Waals surface area contributed by atoms with Gasteiger partial charge in [0.05, 0.1) is 7.11 Å². The van der Waals surface area contributed by atoms with Crippen molar-refractivity contribution in [2.45, 2.75) is 31.2 Å². The summed E-state index contributed by atoms with van der Waals surface area (Å²) in [5.41, 5.74) is 4.83. The molecule has 0 spiro atoms. The zero-order valence-electron chi connectivity index (χ0n) is 12.2. The molecule has 0 aliphatic heterocycles. The number of methoxy groups -OCH3 is 1. The van der Waals surface area contributed by atoms with Crippen molar-refractivity contribution in [2.24, 2.45) is 5.73 Å². The molecule has 1 fully saturated rings. The van der Waals surface area contributed by atoms with Crippen molar-refractivity contribution < 1.29 is 18.7 Å². The lowest BCUT2D eigenvalue weighted by Gasteiger charge is -2.36. The van der Waals surface area contributed by atoms with E-state index in [9.17, 15) is 14.0 Å². The van der Waals surface area contributed by atoms with E-state index in [1.807, 2.05) is 0 Å². The molecule has 2 rings (SSSR count). The molecule has 0 unspecified atom stereocenters. The molecule has 21 heavy (non-hydrogen) atoms. The number of carbonyl (C=O) groups is 2. The van der Waals surface area contributed by atoms with Gasteiger partial charge in [-0.1, -0.05) is 12.8 Å². The number of benzene rings is 1. The quantitative estimate of drug-likeness (QED) is 0.918. The van der Waals surface area contributed by atoms with Gasteiger partial charge in [-0.2, -0.15) is 0 Å². The van der Waals surface area contributed by atoms with Gasteiger partial charge in [-0.3, -0.25) is 9.59 Å². The smallest absolute Gasteiger partial charge is 0.254 e. The predicted molar refractivity (Wildman–Crippen MR) is 75.4 cm³/mol. The number of likely N-dealkylation sites (N-methyl/N-ethyl adjacent to an activating group) is 1. The first-order valence-electron chi connectivity index (χ1n) is 6.84. The molecule has 0 saturated heterocycles. The highest BCUT2D eigenvalue weighted by Crippen LogP contribution is 2.35. The van der Waals surface area contributed by atoms with Crippen LogP contribution in [0.2, 0.25) is 0 Å². The van der Waals surface area contributed by atoms with Crippen LogP contribution in [0.5, 0.6) is 5.75 Å². The lowest BCUT2D eigenvalue weighted by molar-refractivity contribution is -0.127. The summed E-state index contributed by atoms with van der Waals surface area (Å²) in [4.78, 5) is 25.8. The largest absolute Gasteiger partial charge is 0.494 e. The zero-order valence-corrected chi connectivity index (χ0v) is 12.2. The van der Waals surface area contributed by atoms with Gasteiger partial charge in [-0.15, -0.1) is 0 Å². The Balaban J connectivity index is 2.32. The van der Waals surface area contributed by atoms with E-state index in [1.54, 1.807) is 7.05 Å². The molecule has 2 amide bonds. The van der Waals surface area contributed by atoms with Crippen LogP contribution in [-0.4, -0.2) is 36.4 Å². The van der Waals surface area contributed by atoms with Crippen LogP contribution in [0.1, 0.15) is 36.0 Å². The first kappa shape index (κ1) is 15.3. The summed E-state index contributed by atoms with van der Waals surface area (Å²) >= 11 is 0. The Hall–Kier alpha value is -2.11. The van der Waals surface area contributed by atoms with Crippen molar-refractivity contribution in [1.82, 2.24) is 4.90 Å². The number of primary amides is 1. The number of nitrogens with zero attached hydrogens (tertiary/aromatic N) is 1. The van der Waals surface area contributed by atoms with E-state index < -0.39 is 17.3 Å². The van der Waals surface area contributed by atoms with Gasteiger partial charge >= 0.3 is 0 Å². The van der Waals surface area contributed by atoms with Crippen molar-refractivity contribution in [1.29, 1.82) is 0 Å². The molecule has 1 saturated carbocycles. The van der Waals surface area contributed by atoms with Crippen LogP contribution in [0.25, 0.3) is 0 Å². The average Bonchev–Trinajstić information content (AvgIpc) is 2.97. The number of hydrogen-bond donors (Lipinski definition) is 1. The van der Waals surface area contributed by atoms with Crippen LogP contribution < -0.4 is 10.5 Å². The summed E-state index contributed by atoms with van der Waals surface area (Å²) in [7, 11) is 2.90. The number of carbonyl (C=O) groups excluding carboxylic acids is 2. The van der Waals surface area contributed by atoms with Crippen LogP contribution in [0.15, 0.2) is 18.2 Å². The fraction of sp³-hybridized carbons (Fsp3) is 0.467. The number of hydrogen-bond acceptors (Lipinski definition) is 3. The Bertz CT molecular complexity index is 568. The molecule has 1 aliphatic carbocycles. The standard InChI is InChI=1S/C15H19FN2O3/c1-18(15(14(17)20)7-3-4-8-15)13(19)10-5-6-11(16)12(9-10)21-2/h5-6,9H,3-4,7-8H2,1-2H3,(H2,17,20). The fourth-order valence-corrected chi connectivity index (χ4v) is 2.89. The molecule has 0 aromatic heterocycles. The molecule has 114 valence electrons. The highest BCUT2D eigenvalue weighted by molar-refractivity contribution is 5.99. The van der Waals surface area contributed by atoms with Gasteiger partial charge in [-0.25, -0.2) is 4.39 Å². The first-order valence-corrected chi connectivity index (χ1v) is 6.84. The monoisotopic (exact) mass is 294 g/mol. The Morgan fingerprint density at radius 1 is 1.33 bits per heavy atom. The van der Waals surface area contributed by atoms with E-state index in [4.69, 9.17) is 10.5 Å². The molecular weight excluding hydrogens is 275 g/mol. The molecule has 6 heteroatoms. The molecule has 1 aromatic rings. The molecule has 2 N–H and O–H groups in total. The molecule has 0 heterocycles. The summed E-state index contributed by atoms with van der Waals surface area (Å²) in [6.07, 6.45) is 2.83. The molecule has 5 nitrogen and oxygen atoms in total. The second kappa shape index (κ2) is 5.71. The Labute approximate surface area is 122 Å². The highest BCUT2D eigenvalue weighted by Gasteiger charge is 2.45. The summed E-state index contributed by atoms with van der Waals surface area (Å²) in [5, 5.41) is 0. The Kier molecular flexibility index (Phi) is 4.16. The molecule has 0 atom stereocenters. The lowest BCUT2D eigenvalue weighted by atomic mass is 9.93. The molecular formula is C15H19FN2O3. The second-order valence-corrected chi connectivity index (χ2v) is 5.32. The highest BCUT2D eigenvalue weighted by atomic mass is 19.1. The normalized spacial score (nSPS) is 16.5. The third kappa shape index (κ3) is 2.57. The van der Waals surface area contributed by atoms with E-state index in [0.717, 1.165) is 12.8 Å². The number of halogens is 1. The van der Waals surface area contributed by atoms with E-state index in [0.29, 0.717) is 12.8 Å². The van der Waals surface area contributed by atoms with Crippen molar-refractivity contribution in [3.05, 3.63) is 29.6 Å². The minimum absolute atomic E-state index is 0.00574. The maximum Gasteiger partial charge on any atom is 0.254 e. The van der Waals surface area contributed by atoms with Crippen LogP contribution in [0, 0.1) is 5.82 Å². The summed E-state index contributed by atoms with van der Waals surface area (Å²) in [6.45, 7) is 0. The maximum absolute atomic E-state index is 13.4. The zero-order chi connectivity index (χ0) is 15.6. The van der Waals surface area contributed by atoms with E-state index >= 15 is 0 Å². The number of nitrogens with two attached hydrogens (primary N) is 1. The average molecular weight is 294 g/mol. The van der Waals surface area contributed by atoms with Crippen molar-refractivity contribution >= 4 is 11.8 Å². The van der Waals surface area contributed by atoms with Gasteiger partial charge in [0.2, 0.25) is 5.91 Å².